The molecule has 1 aromatic carbocycles. The highest BCUT2D eigenvalue weighted by Gasteiger charge is 2.03. The Balaban J connectivity index is 2.12. The Morgan fingerprint density at radius 1 is 1.27 bits per heavy atom. The van der Waals surface area contributed by atoms with Gasteiger partial charge in [0.15, 0.2) is 0 Å². The average Bonchev–Trinajstić information content (AvgIpc) is 2.31. The van der Waals surface area contributed by atoms with Gasteiger partial charge < -0.3 is 4.74 Å². The number of alkyl halides is 1. The minimum atomic E-state index is 0.599. The molecule has 0 aromatic heterocycles. The van der Waals surface area contributed by atoms with Crippen molar-refractivity contribution in [3.8, 4) is 0 Å². The lowest BCUT2D eigenvalue weighted by Gasteiger charge is -2.10. The van der Waals surface area contributed by atoms with Crippen molar-refractivity contribution in [2.75, 3.05) is 12.5 Å². The van der Waals surface area contributed by atoms with E-state index in [-0.39, 0.29) is 0 Å². The molecule has 84 valence electrons. The van der Waals surface area contributed by atoms with E-state index in [9.17, 15) is 0 Å². The predicted octanol–water partition coefficient (Wildman–Crippen LogP) is 3.86. The van der Waals surface area contributed by atoms with Gasteiger partial charge in [0.2, 0.25) is 0 Å². The highest BCUT2D eigenvalue weighted by Crippen LogP contribution is 2.10. The summed E-state index contributed by atoms with van der Waals surface area (Å²) in [7, 11) is 0. The fraction of sp³-hybridized carbons (Fsp3) is 0.538. The third-order valence-electron chi connectivity index (χ3n) is 2.58. The van der Waals surface area contributed by atoms with Gasteiger partial charge in [0, 0.05) is 12.5 Å². The molecular formula is C13H19ClO. The molecule has 1 unspecified atom stereocenters. The maximum absolute atomic E-state index is 5.81. The van der Waals surface area contributed by atoms with Crippen molar-refractivity contribution in [1.29, 1.82) is 0 Å². The smallest absolute Gasteiger partial charge is 0.0716 e. The summed E-state index contributed by atoms with van der Waals surface area (Å²) in [6.07, 6.45) is 2.20. The van der Waals surface area contributed by atoms with E-state index in [2.05, 4.69) is 19.1 Å². The van der Waals surface area contributed by atoms with Crippen LogP contribution in [0.1, 0.15) is 25.3 Å². The summed E-state index contributed by atoms with van der Waals surface area (Å²) in [4.78, 5) is 0. The van der Waals surface area contributed by atoms with Crippen LogP contribution in [0.4, 0.5) is 0 Å². The Hall–Kier alpha value is -0.530. The van der Waals surface area contributed by atoms with E-state index in [4.69, 9.17) is 16.3 Å². The molecule has 0 spiro atoms. The summed E-state index contributed by atoms with van der Waals surface area (Å²) >= 11 is 5.81. The van der Waals surface area contributed by atoms with E-state index in [1.807, 2.05) is 18.2 Å². The molecule has 1 rings (SSSR count). The number of hydrogen-bond donors (Lipinski definition) is 0. The largest absolute Gasteiger partial charge is 0.377 e. The maximum Gasteiger partial charge on any atom is 0.0716 e. The van der Waals surface area contributed by atoms with E-state index >= 15 is 0 Å². The minimum Gasteiger partial charge on any atom is -0.377 e. The van der Waals surface area contributed by atoms with E-state index in [1.165, 1.54) is 5.56 Å². The van der Waals surface area contributed by atoms with Crippen molar-refractivity contribution in [3.63, 3.8) is 0 Å². The first-order valence-electron chi connectivity index (χ1n) is 5.54. The SMILES string of the molecule is CCC(CCl)CCOCc1ccccc1. The zero-order valence-corrected chi connectivity index (χ0v) is 10.0. The molecule has 0 heterocycles. The quantitative estimate of drug-likeness (QED) is 0.507. The summed E-state index contributed by atoms with van der Waals surface area (Å²) < 4.78 is 5.60. The fourth-order valence-electron chi connectivity index (χ4n) is 1.40. The molecule has 0 amide bonds. The van der Waals surface area contributed by atoms with Gasteiger partial charge in [0.05, 0.1) is 6.61 Å². The van der Waals surface area contributed by atoms with Crippen LogP contribution in [0.25, 0.3) is 0 Å². The van der Waals surface area contributed by atoms with Gasteiger partial charge in [-0.15, -0.1) is 11.6 Å². The molecule has 0 saturated heterocycles. The van der Waals surface area contributed by atoms with Crippen molar-refractivity contribution in [2.24, 2.45) is 5.92 Å². The normalized spacial score (nSPS) is 12.7. The number of ether oxygens (including phenoxy) is 1. The van der Waals surface area contributed by atoms with Crippen molar-refractivity contribution in [3.05, 3.63) is 35.9 Å². The highest BCUT2D eigenvalue weighted by atomic mass is 35.5. The maximum atomic E-state index is 5.81. The molecule has 1 aromatic rings. The van der Waals surface area contributed by atoms with Gasteiger partial charge >= 0.3 is 0 Å². The lowest BCUT2D eigenvalue weighted by Crippen LogP contribution is -2.05. The first kappa shape index (κ1) is 12.5. The van der Waals surface area contributed by atoms with Crippen LogP contribution in [0.5, 0.6) is 0 Å². The van der Waals surface area contributed by atoms with E-state index < -0.39 is 0 Å². The first-order chi connectivity index (χ1) is 7.36. The Morgan fingerprint density at radius 2 is 2.00 bits per heavy atom. The van der Waals surface area contributed by atoms with Crippen LogP contribution in [0.3, 0.4) is 0 Å². The molecule has 0 N–H and O–H groups in total. The predicted molar refractivity (Wildman–Crippen MR) is 65.2 cm³/mol. The summed E-state index contributed by atoms with van der Waals surface area (Å²) in [6, 6.07) is 10.3. The van der Waals surface area contributed by atoms with Crippen LogP contribution >= 0.6 is 11.6 Å². The lowest BCUT2D eigenvalue weighted by atomic mass is 10.1. The van der Waals surface area contributed by atoms with Crippen LogP contribution < -0.4 is 0 Å². The standard InChI is InChI=1S/C13H19ClO/c1-2-12(10-14)8-9-15-11-13-6-4-3-5-7-13/h3-7,12H,2,8-11H2,1H3. The molecule has 0 saturated carbocycles. The number of halogens is 1. The van der Waals surface area contributed by atoms with Gasteiger partial charge in [-0.2, -0.15) is 0 Å². The molecule has 0 fully saturated rings. The molecule has 2 heteroatoms. The lowest BCUT2D eigenvalue weighted by molar-refractivity contribution is 0.109. The van der Waals surface area contributed by atoms with Crippen molar-refractivity contribution < 1.29 is 4.74 Å². The zero-order chi connectivity index (χ0) is 10.9. The summed E-state index contributed by atoms with van der Waals surface area (Å²) in [6.45, 7) is 3.68. The molecule has 0 bridgehead atoms. The number of hydrogen-bond acceptors (Lipinski definition) is 1. The van der Waals surface area contributed by atoms with Crippen LogP contribution in [0.2, 0.25) is 0 Å². The highest BCUT2D eigenvalue weighted by molar-refractivity contribution is 6.18. The second-order valence-electron chi connectivity index (χ2n) is 3.76. The monoisotopic (exact) mass is 226 g/mol. The van der Waals surface area contributed by atoms with Crippen LogP contribution in [-0.4, -0.2) is 12.5 Å². The second kappa shape index (κ2) is 7.72. The molecule has 0 aliphatic rings. The van der Waals surface area contributed by atoms with Gasteiger partial charge in [-0.25, -0.2) is 0 Å². The number of rotatable bonds is 7. The Labute approximate surface area is 97.4 Å². The Morgan fingerprint density at radius 3 is 2.60 bits per heavy atom. The molecule has 0 radical (unpaired) electrons. The van der Waals surface area contributed by atoms with Gasteiger partial charge in [0.1, 0.15) is 0 Å². The van der Waals surface area contributed by atoms with Gasteiger partial charge in [-0.3, -0.25) is 0 Å². The molecule has 1 atom stereocenters. The van der Waals surface area contributed by atoms with Gasteiger partial charge in [0.25, 0.3) is 0 Å². The Kier molecular flexibility index (Phi) is 6.45. The molecule has 15 heavy (non-hydrogen) atoms. The molecule has 0 aliphatic carbocycles. The van der Waals surface area contributed by atoms with Crippen molar-refractivity contribution >= 4 is 11.6 Å². The van der Waals surface area contributed by atoms with E-state index in [0.29, 0.717) is 12.5 Å². The summed E-state index contributed by atoms with van der Waals surface area (Å²) in [5.74, 6) is 1.34. The summed E-state index contributed by atoms with van der Waals surface area (Å²) in [5.41, 5.74) is 1.23. The number of benzene rings is 1. The summed E-state index contributed by atoms with van der Waals surface area (Å²) in [5, 5.41) is 0. The van der Waals surface area contributed by atoms with Gasteiger partial charge in [-0.1, -0.05) is 43.7 Å². The third-order valence-corrected chi connectivity index (χ3v) is 3.01. The fourth-order valence-corrected chi connectivity index (χ4v) is 1.78. The van der Waals surface area contributed by atoms with Crippen LogP contribution in [0.15, 0.2) is 30.3 Å². The van der Waals surface area contributed by atoms with Gasteiger partial charge in [-0.05, 0) is 17.9 Å². The van der Waals surface area contributed by atoms with Crippen molar-refractivity contribution in [1.82, 2.24) is 0 Å². The third kappa shape index (κ3) is 5.19. The molecular weight excluding hydrogens is 208 g/mol. The average molecular weight is 227 g/mol. The topological polar surface area (TPSA) is 9.23 Å². The van der Waals surface area contributed by atoms with Crippen molar-refractivity contribution in [2.45, 2.75) is 26.4 Å². The van der Waals surface area contributed by atoms with E-state index in [1.54, 1.807) is 0 Å². The van der Waals surface area contributed by atoms with Crippen LogP contribution in [-0.2, 0) is 11.3 Å². The van der Waals surface area contributed by atoms with Crippen LogP contribution in [0, 0.1) is 5.92 Å². The zero-order valence-electron chi connectivity index (χ0n) is 9.29. The molecule has 1 nitrogen and oxygen atoms in total. The Bertz CT molecular complexity index is 244. The first-order valence-corrected chi connectivity index (χ1v) is 6.08. The van der Waals surface area contributed by atoms with E-state index in [0.717, 1.165) is 25.3 Å². The minimum absolute atomic E-state index is 0.599. The second-order valence-corrected chi connectivity index (χ2v) is 4.06. The molecule has 0 aliphatic heterocycles.